The third-order valence-corrected chi connectivity index (χ3v) is 4.86. The number of aliphatic imine (C=N–C) groups is 1. The molecule has 2 heterocycles. The van der Waals surface area contributed by atoms with Crippen LogP contribution in [-0.4, -0.2) is 16.0 Å². The first-order valence-electron chi connectivity index (χ1n) is 5.99. The Morgan fingerprint density at radius 1 is 1.53 bits per heavy atom. The lowest BCUT2D eigenvalue weighted by molar-refractivity contribution is 0.0493. The van der Waals surface area contributed by atoms with Gasteiger partial charge >= 0.3 is 0 Å². The minimum absolute atomic E-state index is 0.677. The number of hydrogen-bond acceptors (Lipinski definition) is 5. The standard InChI is InChI=1S/C12H17N3OS/c1-6-3-4-8-9(5-6)17-11-10(8)12(16)15(13)7(2)14-11/h6,12,16H,3-5,13H2,1-2H3/t6-,12-/m1/s1. The van der Waals surface area contributed by atoms with Gasteiger partial charge in [-0.1, -0.05) is 6.92 Å². The molecule has 1 aliphatic heterocycles. The maximum atomic E-state index is 10.2. The third-order valence-electron chi connectivity index (χ3n) is 3.69. The lowest BCUT2D eigenvalue weighted by Gasteiger charge is -2.29. The van der Waals surface area contributed by atoms with Gasteiger partial charge in [0.2, 0.25) is 0 Å². The second-order valence-electron chi connectivity index (χ2n) is 5.01. The van der Waals surface area contributed by atoms with Crippen LogP contribution in [0, 0.1) is 5.92 Å². The van der Waals surface area contributed by atoms with Crippen molar-refractivity contribution in [1.82, 2.24) is 5.01 Å². The van der Waals surface area contributed by atoms with Crippen molar-refractivity contribution in [3.05, 3.63) is 16.0 Å². The maximum absolute atomic E-state index is 10.2. The number of nitrogens with zero attached hydrogens (tertiary/aromatic N) is 2. The molecule has 5 heteroatoms. The van der Waals surface area contributed by atoms with Crippen molar-refractivity contribution in [2.75, 3.05) is 0 Å². The van der Waals surface area contributed by atoms with E-state index in [1.165, 1.54) is 21.9 Å². The minimum atomic E-state index is -0.726. The Labute approximate surface area is 105 Å². The van der Waals surface area contributed by atoms with Crippen LogP contribution in [0.25, 0.3) is 0 Å². The van der Waals surface area contributed by atoms with E-state index in [1.54, 1.807) is 11.3 Å². The summed E-state index contributed by atoms with van der Waals surface area (Å²) in [5.74, 6) is 7.23. The van der Waals surface area contributed by atoms with Crippen LogP contribution in [0.5, 0.6) is 0 Å². The average Bonchev–Trinajstić information content (AvgIpc) is 2.63. The van der Waals surface area contributed by atoms with Crippen molar-refractivity contribution in [3.63, 3.8) is 0 Å². The zero-order valence-electron chi connectivity index (χ0n) is 10.1. The van der Waals surface area contributed by atoms with E-state index in [0.29, 0.717) is 5.84 Å². The highest BCUT2D eigenvalue weighted by Crippen LogP contribution is 2.46. The number of hydrogen-bond donors (Lipinski definition) is 2. The molecular weight excluding hydrogens is 234 g/mol. The fourth-order valence-corrected chi connectivity index (χ4v) is 4.08. The Morgan fingerprint density at radius 3 is 3.06 bits per heavy atom. The first-order chi connectivity index (χ1) is 8.08. The Bertz CT molecular complexity index is 494. The summed E-state index contributed by atoms with van der Waals surface area (Å²) in [5, 5.41) is 12.5. The van der Waals surface area contributed by atoms with E-state index in [-0.39, 0.29) is 0 Å². The molecule has 92 valence electrons. The van der Waals surface area contributed by atoms with Crippen LogP contribution in [0.3, 0.4) is 0 Å². The Kier molecular flexibility index (Phi) is 2.50. The first-order valence-corrected chi connectivity index (χ1v) is 6.81. The highest BCUT2D eigenvalue weighted by atomic mass is 32.1. The SMILES string of the molecule is CC1=Nc2sc3c(c2[C@@H](O)N1N)CC[C@@H](C)C3. The number of amidine groups is 1. The van der Waals surface area contributed by atoms with Crippen LogP contribution in [0.15, 0.2) is 4.99 Å². The molecule has 0 saturated carbocycles. The van der Waals surface area contributed by atoms with Crippen LogP contribution in [0.2, 0.25) is 0 Å². The van der Waals surface area contributed by atoms with Crippen molar-refractivity contribution < 1.29 is 5.11 Å². The average molecular weight is 251 g/mol. The predicted octanol–water partition coefficient (Wildman–Crippen LogP) is 2.10. The summed E-state index contributed by atoms with van der Waals surface area (Å²) < 4.78 is 0. The number of hydrazine groups is 1. The molecule has 2 atom stereocenters. The summed E-state index contributed by atoms with van der Waals surface area (Å²) in [6, 6.07) is 0. The second kappa shape index (κ2) is 3.80. The molecule has 0 saturated heterocycles. The number of aliphatic hydroxyl groups excluding tert-OH is 1. The lowest BCUT2D eigenvalue weighted by atomic mass is 9.88. The van der Waals surface area contributed by atoms with Gasteiger partial charge in [-0.3, -0.25) is 5.01 Å². The summed E-state index contributed by atoms with van der Waals surface area (Å²) in [7, 11) is 0. The van der Waals surface area contributed by atoms with Gasteiger partial charge in [-0.2, -0.15) is 0 Å². The number of fused-ring (bicyclic) bond motifs is 3. The Morgan fingerprint density at radius 2 is 2.29 bits per heavy atom. The van der Waals surface area contributed by atoms with Crippen molar-refractivity contribution in [2.45, 2.75) is 39.3 Å². The summed E-state index contributed by atoms with van der Waals surface area (Å²) in [6.45, 7) is 4.11. The predicted molar refractivity (Wildman–Crippen MR) is 69.3 cm³/mol. The summed E-state index contributed by atoms with van der Waals surface area (Å²) in [5.41, 5.74) is 2.24. The van der Waals surface area contributed by atoms with E-state index in [2.05, 4.69) is 11.9 Å². The summed E-state index contributed by atoms with van der Waals surface area (Å²) >= 11 is 1.72. The third kappa shape index (κ3) is 1.61. The van der Waals surface area contributed by atoms with E-state index >= 15 is 0 Å². The molecule has 0 unspecified atom stereocenters. The molecule has 4 nitrogen and oxygen atoms in total. The van der Waals surface area contributed by atoms with Gasteiger partial charge in [0.05, 0.1) is 0 Å². The molecule has 1 aromatic heterocycles. The fraction of sp³-hybridized carbons (Fsp3) is 0.583. The molecule has 0 radical (unpaired) electrons. The van der Waals surface area contributed by atoms with Crippen LogP contribution in [0.1, 0.15) is 42.5 Å². The van der Waals surface area contributed by atoms with Gasteiger partial charge in [-0.25, -0.2) is 10.8 Å². The van der Waals surface area contributed by atoms with Gasteiger partial charge in [0.15, 0.2) is 6.23 Å². The van der Waals surface area contributed by atoms with E-state index in [0.717, 1.165) is 29.3 Å². The maximum Gasteiger partial charge on any atom is 0.171 e. The van der Waals surface area contributed by atoms with Crippen molar-refractivity contribution in [2.24, 2.45) is 16.8 Å². The minimum Gasteiger partial charge on any atom is -0.368 e. The van der Waals surface area contributed by atoms with Gasteiger partial charge < -0.3 is 5.11 Å². The summed E-state index contributed by atoms with van der Waals surface area (Å²) in [4.78, 5) is 5.87. The van der Waals surface area contributed by atoms with E-state index in [9.17, 15) is 5.11 Å². The lowest BCUT2D eigenvalue weighted by Crippen LogP contribution is -2.41. The number of thiophene rings is 1. The molecule has 3 rings (SSSR count). The topological polar surface area (TPSA) is 61.9 Å². The molecular formula is C12H17N3OS. The van der Waals surface area contributed by atoms with Gasteiger partial charge in [0.25, 0.3) is 0 Å². The molecule has 0 fully saturated rings. The number of aliphatic hydroxyl groups is 1. The molecule has 0 bridgehead atoms. The summed E-state index contributed by atoms with van der Waals surface area (Å²) in [6.07, 6.45) is 2.62. The van der Waals surface area contributed by atoms with E-state index in [4.69, 9.17) is 5.84 Å². The Balaban J connectivity index is 2.13. The highest BCUT2D eigenvalue weighted by molar-refractivity contribution is 7.16. The molecule has 0 spiro atoms. The van der Waals surface area contributed by atoms with Crippen LogP contribution >= 0.6 is 11.3 Å². The fourth-order valence-electron chi connectivity index (χ4n) is 2.63. The van der Waals surface area contributed by atoms with Gasteiger partial charge in [-0.05, 0) is 37.7 Å². The number of nitrogens with two attached hydrogens (primary N) is 1. The van der Waals surface area contributed by atoms with Crippen LogP contribution < -0.4 is 5.84 Å². The van der Waals surface area contributed by atoms with E-state index in [1.807, 2.05) is 6.92 Å². The quantitative estimate of drug-likeness (QED) is 0.694. The molecule has 1 aromatic rings. The smallest absolute Gasteiger partial charge is 0.171 e. The van der Waals surface area contributed by atoms with Crippen LogP contribution in [0.4, 0.5) is 5.00 Å². The zero-order chi connectivity index (χ0) is 12.2. The largest absolute Gasteiger partial charge is 0.368 e. The molecule has 0 amide bonds. The van der Waals surface area contributed by atoms with E-state index < -0.39 is 6.23 Å². The van der Waals surface area contributed by atoms with Crippen molar-refractivity contribution in [3.8, 4) is 0 Å². The van der Waals surface area contributed by atoms with Crippen molar-refractivity contribution >= 4 is 22.2 Å². The number of rotatable bonds is 0. The second-order valence-corrected chi connectivity index (χ2v) is 6.09. The molecule has 1 aliphatic carbocycles. The van der Waals surface area contributed by atoms with Crippen molar-refractivity contribution in [1.29, 1.82) is 0 Å². The Hall–Kier alpha value is -0.910. The first kappa shape index (κ1) is 11.2. The molecule has 17 heavy (non-hydrogen) atoms. The zero-order valence-corrected chi connectivity index (χ0v) is 10.9. The van der Waals surface area contributed by atoms with Gasteiger partial charge in [0, 0.05) is 10.4 Å². The molecule has 2 aliphatic rings. The van der Waals surface area contributed by atoms with Gasteiger partial charge in [-0.15, -0.1) is 11.3 Å². The molecule has 0 aromatic carbocycles. The molecule has 3 N–H and O–H groups in total. The monoisotopic (exact) mass is 251 g/mol. The van der Waals surface area contributed by atoms with Gasteiger partial charge in [0.1, 0.15) is 10.8 Å². The normalized spacial score (nSPS) is 27.5. The van der Waals surface area contributed by atoms with Crippen LogP contribution in [-0.2, 0) is 12.8 Å². The highest BCUT2D eigenvalue weighted by Gasteiger charge is 2.32.